The number of hydrogen-bond acceptors (Lipinski definition) is 12. The van der Waals surface area contributed by atoms with Crippen LogP contribution in [-0.4, -0.2) is 122 Å². The second-order valence-electron chi connectivity index (χ2n) is 6.76. The molecular weight excluding hydrogens is 401 g/mol. The number of nitrogens with two attached hydrogens (primary N) is 2. The van der Waals surface area contributed by atoms with E-state index < -0.39 is 34.9 Å². The van der Waals surface area contributed by atoms with Gasteiger partial charge in [0.05, 0.1) is 0 Å². The first-order chi connectivity index (χ1) is 12.0. The van der Waals surface area contributed by atoms with Crippen LogP contribution in [0.3, 0.4) is 0 Å². The fourth-order valence-electron chi connectivity index (χ4n) is 4.24. The van der Waals surface area contributed by atoms with Gasteiger partial charge >= 0.3 is 34.9 Å². The van der Waals surface area contributed by atoms with Crippen LogP contribution in [-0.2, 0) is 0 Å². The highest BCUT2D eigenvalue weighted by atomic mass is 28.6. The number of hydrogen-bond donors (Lipinski definition) is 8. The van der Waals surface area contributed by atoms with Crippen molar-refractivity contribution in [3.8, 4) is 0 Å². The van der Waals surface area contributed by atoms with Crippen LogP contribution in [0.4, 0.5) is 0 Å². The molecule has 1 saturated heterocycles. The molecule has 0 amide bonds. The molecule has 0 aromatic carbocycles. The van der Waals surface area contributed by atoms with E-state index in [1.165, 1.54) is 0 Å². The molecule has 1 fully saturated rings. The first kappa shape index (κ1) is 24.4. The number of rotatable bonds is 10. The maximum Gasteiger partial charge on any atom is 0.361 e. The molecule has 1 rings (SSSR count). The summed E-state index contributed by atoms with van der Waals surface area (Å²) in [4.78, 5) is 20.9. The molecule has 0 bridgehead atoms. The molecule has 0 spiro atoms. The topological polar surface area (TPSA) is 137 Å². The van der Waals surface area contributed by atoms with Crippen molar-refractivity contribution in [2.45, 2.75) is 0 Å². The zero-order valence-electron chi connectivity index (χ0n) is 17.9. The summed E-state index contributed by atoms with van der Waals surface area (Å²) < 4.78 is 9.36. The highest BCUT2D eigenvalue weighted by Crippen LogP contribution is 2.39. The van der Waals surface area contributed by atoms with Gasteiger partial charge in [0.1, 0.15) is 0 Å². The van der Waals surface area contributed by atoms with Crippen molar-refractivity contribution in [3.63, 3.8) is 0 Å². The van der Waals surface area contributed by atoms with E-state index in [2.05, 4.69) is 75.0 Å². The fraction of sp³-hybridized carbons (Fsp3) is 1.00. The standard InChI is InChI=1S/C10H40N12Si4/c1-13-24(14-2,15-3)21-23(11,12)22(25(16-4,17-5)18-6)26(21,19(7)8)20(9)10/h13-18H,11-12H2,1-10H3. The van der Waals surface area contributed by atoms with Gasteiger partial charge in [0.2, 0.25) is 0 Å². The summed E-state index contributed by atoms with van der Waals surface area (Å²) in [5, 5.41) is 13.9. The molecule has 0 saturated carbocycles. The maximum absolute atomic E-state index is 6.97. The molecule has 26 heavy (non-hydrogen) atoms. The Kier molecular flexibility index (Phi) is 7.89. The summed E-state index contributed by atoms with van der Waals surface area (Å²) in [6, 6.07) is 0. The van der Waals surface area contributed by atoms with E-state index in [-0.39, 0.29) is 0 Å². The molecule has 12 nitrogen and oxygen atoms in total. The Balaban J connectivity index is 3.79. The predicted molar refractivity (Wildman–Crippen MR) is 117 cm³/mol. The summed E-state index contributed by atoms with van der Waals surface area (Å²) in [5.74, 6) is 0. The van der Waals surface area contributed by atoms with Crippen molar-refractivity contribution < 1.29 is 0 Å². The first-order valence-corrected chi connectivity index (χ1v) is 16.4. The Morgan fingerprint density at radius 3 is 1.00 bits per heavy atom. The van der Waals surface area contributed by atoms with Crippen LogP contribution in [0, 0.1) is 0 Å². The summed E-state index contributed by atoms with van der Waals surface area (Å²) in [7, 11) is 9.55. The minimum absolute atomic E-state index is 1.95. The van der Waals surface area contributed by atoms with Gasteiger partial charge in [0.15, 0.2) is 0 Å². The second-order valence-corrected chi connectivity index (χ2v) is 22.5. The molecule has 0 aromatic heterocycles. The largest absolute Gasteiger partial charge is 0.361 e. The van der Waals surface area contributed by atoms with Crippen LogP contribution in [0.5, 0.6) is 0 Å². The van der Waals surface area contributed by atoms with Crippen molar-refractivity contribution in [1.29, 1.82) is 0 Å². The molecule has 1 aliphatic heterocycles. The van der Waals surface area contributed by atoms with Crippen LogP contribution in [0.1, 0.15) is 0 Å². The molecule has 0 aliphatic carbocycles. The zero-order valence-corrected chi connectivity index (χ0v) is 21.9. The summed E-state index contributed by atoms with van der Waals surface area (Å²) >= 11 is 0. The Morgan fingerprint density at radius 2 is 0.846 bits per heavy atom. The number of nitrogens with one attached hydrogen (secondary N) is 6. The van der Waals surface area contributed by atoms with Gasteiger partial charge < -0.3 is 40.7 Å². The Bertz CT molecular complexity index is 412. The van der Waals surface area contributed by atoms with E-state index in [9.17, 15) is 0 Å². The van der Waals surface area contributed by atoms with Crippen LogP contribution in [0.25, 0.3) is 0 Å². The average molecular weight is 441 g/mol. The van der Waals surface area contributed by atoms with E-state index in [1.807, 2.05) is 42.3 Å². The van der Waals surface area contributed by atoms with Crippen LogP contribution in [0.15, 0.2) is 0 Å². The normalized spacial score (nSPS) is 21.5. The monoisotopic (exact) mass is 440 g/mol. The third kappa shape index (κ3) is 3.03. The molecular formula is C10H40N12Si4. The van der Waals surface area contributed by atoms with Crippen molar-refractivity contribution in [2.75, 3.05) is 70.5 Å². The summed E-state index contributed by atoms with van der Waals surface area (Å²) in [6.45, 7) is 0. The van der Waals surface area contributed by atoms with Crippen molar-refractivity contribution in [1.82, 2.24) is 46.8 Å². The quantitative estimate of drug-likeness (QED) is 0.154. The lowest BCUT2D eigenvalue weighted by molar-refractivity contribution is 0.318. The van der Waals surface area contributed by atoms with Gasteiger partial charge in [-0.25, -0.2) is 0 Å². The van der Waals surface area contributed by atoms with Crippen molar-refractivity contribution in [3.05, 3.63) is 0 Å². The van der Waals surface area contributed by atoms with Crippen LogP contribution >= 0.6 is 0 Å². The van der Waals surface area contributed by atoms with Gasteiger partial charge in [-0.1, -0.05) is 0 Å². The van der Waals surface area contributed by atoms with Gasteiger partial charge in [-0.15, -0.1) is 0 Å². The molecule has 1 heterocycles. The second kappa shape index (κ2) is 8.40. The Labute approximate surface area is 163 Å². The van der Waals surface area contributed by atoms with E-state index in [4.69, 9.17) is 10.8 Å². The van der Waals surface area contributed by atoms with E-state index in [0.717, 1.165) is 0 Å². The minimum Gasteiger partial charge on any atom is -0.315 e. The lowest BCUT2D eigenvalue weighted by atomic mass is 11.3. The van der Waals surface area contributed by atoms with Crippen molar-refractivity contribution in [2.24, 2.45) is 10.8 Å². The Hall–Kier alpha value is 0.388. The summed E-state index contributed by atoms with van der Waals surface area (Å²) in [6.07, 6.45) is 0. The van der Waals surface area contributed by atoms with Gasteiger partial charge in [0.25, 0.3) is 0 Å². The third-order valence-electron chi connectivity index (χ3n) is 5.36. The lowest BCUT2D eigenvalue weighted by Gasteiger charge is -2.75. The van der Waals surface area contributed by atoms with Crippen LogP contribution < -0.4 is 40.7 Å². The smallest absolute Gasteiger partial charge is 0.315 e. The lowest BCUT2D eigenvalue weighted by Crippen LogP contribution is -3.17. The average Bonchev–Trinajstić information content (AvgIpc) is 2.61. The van der Waals surface area contributed by atoms with E-state index in [1.54, 1.807) is 0 Å². The minimum atomic E-state index is -2.97. The van der Waals surface area contributed by atoms with Crippen molar-refractivity contribution >= 4 is 34.9 Å². The predicted octanol–water partition coefficient (Wildman–Crippen LogP) is -5.30. The molecule has 156 valence electrons. The highest BCUT2D eigenvalue weighted by Gasteiger charge is 2.82. The first-order valence-electron chi connectivity index (χ1n) is 8.66. The molecule has 10 N–H and O–H groups in total. The maximum atomic E-state index is 6.97. The van der Waals surface area contributed by atoms with Gasteiger partial charge in [0, 0.05) is 0 Å². The van der Waals surface area contributed by atoms with Gasteiger partial charge in [-0.2, -0.15) is 0 Å². The number of nitrogens with zero attached hydrogens (tertiary/aromatic N) is 4. The zero-order chi connectivity index (χ0) is 20.6. The van der Waals surface area contributed by atoms with Crippen LogP contribution in [0.2, 0.25) is 0 Å². The molecule has 16 heteroatoms. The highest BCUT2D eigenvalue weighted by molar-refractivity contribution is 7.17. The fourth-order valence-corrected chi connectivity index (χ4v) is 34.0. The molecule has 0 unspecified atom stereocenters. The summed E-state index contributed by atoms with van der Waals surface area (Å²) in [5.41, 5.74) is 0. The third-order valence-corrected chi connectivity index (χ3v) is 28.0. The molecule has 0 atom stereocenters. The van der Waals surface area contributed by atoms with E-state index >= 15 is 0 Å². The van der Waals surface area contributed by atoms with Gasteiger partial charge in [-0.3, -0.25) is 16.9 Å². The molecule has 1 aliphatic rings. The van der Waals surface area contributed by atoms with E-state index in [0.29, 0.717) is 0 Å². The SMILES string of the molecule is CN[Si](NC)(NC)N1[Si](N)(N)N([Si](NC)(NC)NC)[Si]1(N(C)C)N(C)C. The molecule has 0 radical (unpaired) electrons. The molecule has 0 aromatic rings. The Morgan fingerprint density at radius 1 is 0.615 bits per heavy atom. The van der Waals surface area contributed by atoms with Gasteiger partial charge in [-0.05, 0) is 70.5 Å².